The van der Waals surface area contributed by atoms with E-state index in [0.29, 0.717) is 19.8 Å². The second-order valence-corrected chi connectivity index (χ2v) is 4.40. The van der Waals surface area contributed by atoms with E-state index in [9.17, 15) is 0 Å². The van der Waals surface area contributed by atoms with Gasteiger partial charge in [0.1, 0.15) is 11.9 Å². The van der Waals surface area contributed by atoms with Crippen molar-refractivity contribution in [1.29, 1.82) is 0 Å². The maximum Gasteiger partial charge on any atom is 0.120 e. The van der Waals surface area contributed by atoms with Gasteiger partial charge in [-0.3, -0.25) is 0 Å². The van der Waals surface area contributed by atoms with Crippen LogP contribution >= 0.6 is 15.9 Å². The van der Waals surface area contributed by atoms with Gasteiger partial charge in [0.25, 0.3) is 0 Å². The molecule has 0 aliphatic carbocycles. The molecule has 0 radical (unpaired) electrons. The number of hydrogen-bond acceptors (Lipinski definition) is 3. The maximum absolute atomic E-state index is 5.70. The van der Waals surface area contributed by atoms with E-state index in [-0.39, 0.29) is 6.10 Å². The second kappa shape index (κ2) is 6.89. The summed E-state index contributed by atoms with van der Waals surface area (Å²) in [7, 11) is 0. The summed E-state index contributed by atoms with van der Waals surface area (Å²) < 4.78 is 12.0. The summed E-state index contributed by atoms with van der Waals surface area (Å²) in [6.07, 6.45) is 0.0515. The summed E-state index contributed by atoms with van der Waals surface area (Å²) in [4.78, 5) is 0. The van der Waals surface area contributed by atoms with Crippen molar-refractivity contribution in [1.82, 2.24) is 0 Å². The lowest BCUT2D eigenvalue weighted by Gasteiger charge is -2.15. The molecule has 0 saturated carbocycles. The Morgan fingerprint density at radius 1 is 1.44 bits per heavy atom. The molecule has 0 aliphatic rings. The highest BCUT2D eigenvalue weighted by atomic mass is 79.9. The van der Waals surface area contributed by atoms with Gasteiger partial charge < -0.3 is 15.2 Å². The highest BCUT2D eigenvalue weighted by Crippen LogP contribution is 2.23. The molecule has 0 aliphatic heterocycles. The average Bonchev–Trinajstić information content (AvgIpc) is 2.26. The van der Waals surface area contributed by atoms with Crippen LogP contribution in [0.5, 0.6) is 5.75 Å². The predicted molar refractivity (Wildman–Crippen MR) is 68.6 cm³/mol. The van der Waals surface area contributed by atoms with Gasteiger partial charge in [-0.25, -0.2) is 0 Å². The lowest BCUT2D eigenvalue weighted by molar-refractivity contribution is 0.0657. The molecule has 1 unspecified atom stereocenters. The third-order valence-corrected chi connectivity index (χ3v) is 2.88. The van der Waals surface area contributed by atoms with Gasteiger partial charge in [0.2, 0.25) is 0 Å². The lowest BCUT2D eigenvalue weighted by Crippen LogP contribution is -2.19. The monoisotopic (exact) mass is 287 g/mol. The summed E-state index contributed by atoms with van der Waals surface area (Å²) >= 11 is 3.46. The van der Waals surface area contributed by atoms with E-state index in [2.05, 4.69) is 15.9 Å². The quantitative estimate of drug-likeness (QED) is 0.875. The number of halogens is 1. The van der Waals surface area contributed by atoms with Crippen molar-refractivity contribution >= 4 is 15.9 Å². The Balaban J connectivity index is 2.57. The molecule has 1 atom stereocenters. The zero-order valence-electron chi connectivity index (χ0n) is 9.70. The number of nitrogens with two attached hydrogens (primary N) is 1. The first kappa shape index (κ1) is 13.5. The molecule has 0 aromatic heterocycles. The minimum atomic E-state index is 0.0515. The zero-order valence-corrected chi connectivity index (χ0v) is 11.3. The molecule has 0 saturated heterocycles. The highest BCUT2D eigenvalue weighted by Gasteiger charge is 2.05. The normalized spacial score (nSPS) is 12.5. The molecule has 1 aromatic carbocycles. The van der Waals surface area contributed by atoms with Crippen LogP contribution in [0.2, 0.25) is 0 Å². The largest absolute Gasteiger partial charge is 0.488 e. The van der Waals surface area contributed by atoms with Crippen molar-refractivity contribution in [2.45, 2.75) is 26.5 Å². The minimum absolute atomic E-state index is 0.0515. The Hall–Kier alpha value is -0.580. The highest BCUT2D eigenvalue weighted by molar-refractivity contribution is 9.10. The van der Waals surface area contributed by atoms with E-state index in [0.717, 1.165) is 15.8 Å². The van der Waals surface area contributed by atoms with Crippen molar-refractivity contribution in [2.75, 3.05) is 13.2 Å². The summed E-state index contributed by atoms with van der Waals surface area (Å²) in [5, 5.41) is 0. The van der Waals surface area contributed by atoms with Crippen LogP contribution in [0, 0.1) is 0 Å². The van der Waals surface area contributed by atoms with Crippen LogP contribution in [0.25, 0.3) is 0 Å². The number of rotatable bonds is 6. The van der Waals surface area contributed by atoms with Gasteiger partial charge in [-0.1, -0.05) is 22.0 Å². The van der Waals surface area contributed by atoms with Crippen molar-refractivity contribution in [2.24, 2.45) is 5.73 Å². The Labute approximate surface area is 105 Å². The molecule has 0 spiro atoms. The lowest BCUT2D eigenvalue weighted by atomic mass is 10.2. The molecule has 90 valence electrons. The molecule has 4 heteroatoms. The van der Waals surface area contributed by atoms with E-state index < -0.39 is 0 Å². The van der Waals surface area contributed by atoms with Gasteiger partial charge in [-0.05, 0) is 31.5 Å². The fourth-order valence-corrected chi connectivity index (χ4v) is 1.84. The van der Waals surface area contributed by atoms with Gasteiger partial charge >= 0.3 is 0 Å². The molecular formula is C12H18BrNO2. The van der Waals surface area contributed by atoms with Crippen LogP contribution in [0.15, 0.2) is 22.7 Å². The molecule has 3 nitrogen and oxygen atoms in total. The second-order valence-electron chi connectivity index (χ2n) is 3.55. The smallest absolute Gasteiger partial charge is 0.120 e. The van der Waals surface area contributed by atoms with Crippen molar-refractivity contribution in [3.8, 4) is 5.75 Å². The molecule has 1 aromatic rings. The summed E-state index contributed by atoms with van der Waals surface area (Å²) in [6, 6.07) is 5.83. The van der Waals surface area contributed by atoms with E-state index in [1.165, 1.54) is 0 Å². The third kappa shape index (κ3) is 4.12. The van der Waals surface area contributed by atoms with Crippen molar-refractivity contribution < 1.29 is 9.47 Å². The van der Waals surface area contributed by atoms with Gasteiger partial charge in [0.15, 0.2) is 0 Å². The Morgan fingerprint density at radius 2 is 2.19 bits per heavy atom. The average molecular weight is 288 g/mol. The Kier molecular flexibility index (Phi) is 5.80. The van der Waals surface area contributed by atoms with Gasteiger partial charge in [0, 0.05) is 17.6 Å². The van der Waals surface area contributed by atoms with Crippen LogP contribution in [0.4, 0.5) is 0 Å². The summed E-state index contributed by atoms with van der Waals surface area (Å²) in [5.74, 6) is 0.830. The predicted octanol–water partition coefficient (Wildman–Crippen LogP) is 2.71. The van der Waals surface area contributed by atoms with E-state index in [1.807, 2.05) is 32.0 Å². The van der Waals surface area contributed by atoms with Crippen LogP contribution in [-0.2, 0) is 11.3 Å². The first-order valence-corrected chi connectivity index (χ1v) is 6.19. The van der Waals surface area contributed by atoms with E-state index in [4.69, 9.17) is 15.2 Å². The standard InChI is InChI=1S/C12H18BrNO2/c1-3-15-8-9(2)16-11-5-4-10(7-14)12(13)6-11/h4-6,9H,3,7-8,14H2,1-2H3. The molecule has 0 heterocycles. The molecule has 0 bridgehead atoms. The maximum atomic E-state index is 5.70. The molecule has 0 fully saturated rings. The zero-order chi connectivity index (χ0) is 12.0. The fraction of sp³-hybridized carbons (Fsp3) is 0.500. The van der Waals surface area contributed by atoms with Gasteiger partial charge in [0.05, 0.1) is 6.61 Å². The van der Waals surface area contributed by atoms with E-state index in [1.54, 1.807) is 0 Å². The van der Waals surface area contributed by atoms with Crippen LogP contribution < -0.4 is 10.5 Å². The molecule has 16 heavy (non-hydrogen) atoms. The van der Waals surface area contributed by atoms with Crippen molar-refractivity contribution in [3.63, 3.8) is 0 Å². The molecule has 0 amide bonds. The molecule has 2 N–H and O–H groups in total. The Bertz CT molecular complexity index is 331. The third-order valence-electron chi connectivity index (χ3n) is 2.14. The van der Waals surface area contributed by atoms with Crippen LogP contribution in [0.3, 0.4) is 0 Å². The first-order chi connectivity index (χ1) is 7.67. The Morgan fingerprint density at radius 3 is 2.75 bits per heavy atom. The van der Waals surface area contributed by atoms with E-state index >= 15 is 0 Å². The van der Waals surface area contributed by atoms with Crippen molar-refractivity contribution in [3.05, 3.63) is 28.2 Å². The minimum Gasteiger partial charge on any atom is -0.488 e. The van der Waals surface area contributed by atoms with Gasteiger partial charge in [-0.2, -0.15) is 0 Å². The van der Waals surface area contributed by atoms with Crippen LogP contribution in [0.1, 0.15) is 19.4 Å². The number of ether oxygens (including phenoxy) is 2. The summed E-state index contributed by atoms with van der Waals surface area (Å²) in [5.41, 5.74) is 6.65. The fourth-order valence-electron chi connectivity index (χ4n) is 1.32. The number of hydrogen-bond donors (Lipinski definition) is 1. The summed E-state index contributed by atoms with van der Waals surface area (Å²) in [6.45, 7) is 5.80. The SMILES string of the molecule is CCOCC(C)Oc1ccc(CN)c(Br)c1. The van der Waals surface area contributed by atoms with Crippen LogP contribution in [-0.4, -0.2) is 19.3 Å². The first-order valence-electron chi connectivity index (χ1n) is 5.40. The molecular weight excluding hydrogens is 270 g/mol. The molecule has 1 rings (SSSR count). The van der Waals surface area contributed by atoms with Gasteiger partial charge in [-0.15, -0.1) is 0 Å². The number of benzene rings is 1. The topological polar surface area (TPSA) is 44.5 Å².